The van der Waals surface area contributed by atoms with Gasteiger partial charge in [0.1, 0.15) is 5.69 Å². The van der Waals surface area contributed by atoms with Gasteiger partial charge in [0.15, 0.2) is 0 Å². The van der Waals surface area contributed by atoms with E-state index in [1.165, 1.54) is 6.42 Å². The summed E-state index contributed by atoms with van der Waals surface area (Å²) in [4.78, 5) is 19.0. The molecule has 1 fully saturated rings. The number of aromatic nitrogens is 1. The monoisotopic (exact) mass is 281 g/mol. The van der Waals surface area contributed by atoms with Crippen molar-refractivity contribution in [1.29, 1.82) is 0 Å². The summed E-state index contributed by atoms with van der Waals surface area (Å²) in [6.45, 7) is 3.65. The van der Waals surface area contributed by atoms with Crippen molar-refractivity contribution >= 4 is 17.2 Å². The van der Waals surface area contributed by atoms with Gasteiger partial charge in [-0.2, -0.15) is 0 Å². The van der Waals surface area contributed by atoms with Gasteiger partial charge in [0.25, 0.3) is 5.91 Å². The largest absolute Gasteiger partial charge is 0.334 e. The Bertz CT molecular complexity index is 417. The molecular weight excluding hydrogens is 258 g/mol. The maximum Gasteiger partial charge on any atom is 0.273 e. The average Bonchev–Trinajstić information content (AvgIpc) is 2.88. The highest BCUT2D eigenvalue weighted by atomic mass is 32.1. The predicted octanol–water partition coefficient (Wildman–Crippen LogP) is 2.44. The number of carbonyl (C=O) groups excluding carboxylic acids is 1. The van der Waals surface area contributed by atoms with Gasteiger partial charge in [0.05, 0.1) is 5.01 Å². The molecule has 1 aliphatic rings. The number of nitrogens with two attached hydrogens (primary N) is 1. The third-order valence-electron chi connectivity index (χ3n) is 3.64. The predicted molar refractivity (Wildman–Crippen MR) is 78.5 cm³/mol. The summed E-state index contributed by atoms with van der Waals surface area (Å²) in [6.07, 6.45) is 6.49. The average molecular weight is 281 g/mol. The van der Waals surface area contributed by atoms with Gasteiger partial charge in [0, 0.05) is 24.4 Å². The highest BCUT2D eigenvalue weighted by Gasteiger charge is 2.27. The highest BCUT2D eigenvalue weighted by Crippen LogP contribution is 2.23. The number of likely N-dealkylation sites (tertiary alicyclic amines) is 1. The molecule has 0 spiro atoms. The van der Waals surface area contributed by atoms with Crippen LogP contribution < -0.4 is 5.73 Å². The lowest BCUT2D eigenvalue weighted by Crippen LogP contribution is -2.43. The molecule has 0 aromatic carbocycles. The molecule has 19 heavy (non-hydrogen) atoms. The van der Waals surface area contributed by atoms with Crippen molar-refractivity contribution in [2.45, 2.75) is 51.5 Å². The Morgan fingerprint density at radius 3 is 3.16 bits per heavy atom. The van der Waals surface area contributed by atoms with E-state index in [4.69, 9.17) is 5.73 Å². The van der Waals surface area contributed by atoms with E-state index in [1.807, 2.05) is 10.3 Å². The van der Waals surface area contributed by atoms with Crippen LogP contribution in [0.15, 0.2) is 5.38 Å². The molecule has 1 aromatic rings. The number of nitrogens with zero attached hydrogens (tertiary/aromatic N) is 2. The van der Waals surface area contributed by atoms with E-state index >= 15 is 0 Å². The summed E-state index contributed by atoms with van der Waals surface area (Å²) in [5.74, 6) is 0.109. The van der Waals surface area contributed by atoms with Gasteiger partial charge in [-0.05, 0) is 32.2 Å². The number of rotatable bonds is 5. The fraction of sp³-hybridized carbons (Fsp3) is 0.714. The van der Waals surface area contributed by atoms with Gasteiger partial charge < -0.3 is 10.6 Å². The Morgan fingerprint density at radius 2 is 2.42 bits per heavy atom. The Morgan fingerprint density at radius 1 is 1.58 bits per heavy atom. The van der Waals surface area contributed by atoms with Crippen LogP contribution >= 0.6 is 11.3 Å². The minimum Gasteiger partial charge on any atom is -0.334 e. The summed E-state index contributed by atoms with van der Waals surface area (Å²) in [7, 11) is 0. The molecule has 0 bridgehead atoms. The van der Waals surface area contributed by atoms with Crippen LogP contribution in [-0.2, 0) is 6.42 Å². The van der Waals surface area contributed by atoms with Crippen molar-refractivity contribution in [3.05, 3.63) is 16.1 Å². The molecule has 2 rings (SSSR count). The first kappa shape index (κ1) is 14.5. The lowest BCUT2D eigenvalue weighted by Gasteiger charge is -2.35. The lowest BCUT2D eigenvalue weighted by molar-refractivity contribution is 0.0595. The number of thiazole rings is 1. The minimum atomic E-state index is 0.109. The summed E-state index contributed by atoms with van der Waals surface area (Å²) < 4.78 is 0. The zero-order chi connectivity index (χ0) is 13.7. The Balaban J connectivity index is 2.07. The van der Waals surface area contributed by atoms with Gasteiger partial charge in [-0.25, -0.2) is 4.98 Å². The second-order valence-corrected chi connectivity index (χ2v) is 6.04. The van der Waals surface area contributed by atoms with Crippen LogP contribution in [0.3, 0.4) is 0 Å². The zero-order valence-corrected chi connectivity index (χ0v) is 12.4. The Hall–Kier alpha value is -0.940. The van der Waals surface area contributed by atoms with E-state index in [9.17, 15) is 4.79 Å². The zero-order valence-electron chi connectivity index (χ0n) is 11.6. The van der Waals surface area contributed by atoms with Crippen LogP contribution in [0.5, 0.6) is 0 Å². The molecule has 5 heteroatoms. The third-order valence-corrected chi connectivity index (χ3v) is 4.55. The number of carbonyl (C=O) groups is 1. The molecule has 0 saturated carbocycles. The van der Waals surface area contributed by atoms with Crippen LogP contribution in [0.4, 0.5) is 0 Å². The fourth-order valence-corrected chi connectivity index (χ4v) is 3.48. The summed E-state index contributed by atoms with van der Waals surface area (Å²) >= 11 is 1.54. The van der Waals surface area contributed by atoms with Gasteiger partial charge in [-0.1, -0.05) is 13.3 Å². The van der Waals surface area contributed by atoms with Crippen molar-refractivity contribution in [3.63, 3.8) is 0 Å². The standard InChI is InChI=1S/C14H23N3OS/c1-2-5-11-6-3-4-9-17(11)14(18)12-10-19-13(16-12)7-8-15/h10-11H,2-9,15H2,1H3. The molecule has 1 saturated heterocycles. The molecule has 1 aromatic heterocycles. The van der Waals surface area contributed by atoms with Crippen molar-refractivity contribution in [2.24, 2.45) is 5.73 Å². The topological polar surface area (TPSA) is 59.2 Å². The summed E-state index contributed by atoms with van der Waals surface area (Å²) in [5.41, 5.74) is 6.13. The first-order valence-electron chi connectivity index (χ1n) is 7.21. The highest BCUT2D eigenvalue weighted by molar-refractivity contribution is 7.09. The molecule has 1 unspecified atom stereocenters. The number of hydrogen-bond donors (Lipinski definition) is 1. The van der Waals surface area contributed by atoms with Gasteiger partial charge in [0.2, 0.25) is 0 Å². The van der Waals surface area contributed by atoms with E-state index < -0.39 is 0 Å². The number of hydrogen-bond acceptors (Lipinski definition) is 4. The molecular formula is C14H23N3OS. The van der Waals surface area contributed by atoms with E-state index in [0.717, 1.165) is 43.7 Å². The SMILES string of the molecule is CCCC1CCCCN1C(=O)c1csc(CCN)n1. The molecule has 0 radical (unpaired) electrons. The second-order valence-electron chi connectivity index (χ2n) is 5.10. The maximum atomic E-state index is 12.5. The van der Waals surface area contributed by atoms with Crippen molar-refractivity contribution in [3.8, 4) is 0 Å². The van der Waals surface area contributed by atoms with Crippen LogP contribution in [0.2, 0.25) is 0 Å². The normalized spacial score (nSPS) is 19.7. The molecule has 1 amide bonds. The maximum absolute atomic E-state index is 12.5. The van der Waals surface area contributed by atoms with Crippen molar-refractivity contribution in [2.75, 3.05) is 13.1 Å². The van der Waals surface area contributed by atoms with E-state index in [-0.39, 0.29) is 5.91 Å². The molecule has 0 aliphatic carbocycles. The van der Waals surface area contributed by atoms with Gasteiger partial charge in [-0.15, -0.1) is 11.3 Å². The van der Waals surface area contributed by atoms with Crippen LogP contribution in [-0.4, -0.2) is 34.9 Å². The number of amides is 1. The minimum absolute atomic E-state index is 0.109. The van der Waals surface area contributed by atoms with E-state index in [2.05, 4.69) is 11.9 Å². The summed E-state index contributed by atoms with van der Waals surface area (Å²) in [5, 5.41) is 2.85. The first-order valence-corrected chi connectivity index (χ1v) is 8.09. The van der Waals surface area contributed by atoms with Crippen LogP contribution in [0.25, 0.3) is 0 Å². The Kier molecular flexibility index (Phi) is 5.34. The molecule has 2 N–H and O–H groups in total. The smallest absolute Gasteiger partial charge is 0.273 e. The third kappa shape index (κ3) is 3.54. The molecule has 1 atom stereocenters. The molecule has 2 heterocycles. The second kappa shape index (κ2) is 7.01. The summed E-state index contributed by atoms with van der Waals surface area (Å²) in [6, 6.07) is 0.408. The molecule has 4 nitrogen and oxygen atoms in total. The van der Waals surface area contributed by atoms with Gasteiger partial charge >= 0.3 is 0 Å². The molecule has 106 valence electrons. The quantitative estimate of drug-likeness (QED) is 0.902. The van der Waals surface area contributed by atoms with Crippen molar-refractivity contribution < 1.29 is 4.79 Å². The van der Waals surface area contributed by atoms with Gasteiger partial charge in [-0.3, -0.25) is 4.79 Å². The fourth-order valence-electron chi connectivity index (χ4n) is 2.70. The van der Waals surface area contributed by atoms with Crippen molar-refractivity contribution in [1.82, 2.24) is 9.88 Å². The van der Waals surface area contributed by atoms with Crippen LogP contribution in [0, 0.1) is 0 Å². The Labute approximate surface area is 119 Å². The van der Waals surface area contributed by atoms with E-state index in [0.29, 0.717) is 18.3 Å². The van der Waals surface area contributed by atoms with Crippen LogP contribution in [0.1, 0.15) is 54.5 Å². The lowest BCUT2D eigenvalue weighted by atomic mass is 9.98. The molecule has 1 aliphatic heterocycles. The first-order chi connectivity index (χ1) is 9.26. The number of piperidine rings is 1. The van der Waals surface area contributed by atoms with E-state index in [1.54, 1.807) is 11.3 Å².